The van der Waals surface area contributed by atoms with Gasteiger partial charge in [-0.1, -0.05) is 31.2 Å². The van der Waals surface area contributed by atoms with Gasteiger partial charge in [-0.3, -0.25) is 9.59 Å². The fraction of sp³-hybridized carbons (Fsp3) is 0.333. The van der Waals surface area contributed by atoms with E-state index in [1.165, 1.54) is 12.1 Å². The zero-order chi connectivity index (χ0) is 18.7. The highest BCUT2D eigenvalue weighted by Gasteiger charge is 2.35. The van der Waals surface area contributed by atoms with E-state index in [9.17, 15) is 14.0 Å². The van der Waals surface area contributed by atoms with Crippen molar-refractivity contribution in [3.8, 4) is 0 Å². The lowest BCUT2D eigenvalue weighted by Gasteiger charge is -2.19. The molecule has 5 heteroatoms. The van der Waals surface area contributed by atoms with Crippen LogP contribution in [0.5, 0.6) is 0 Å². The Morgan fingerprint density at radius 1 is 1.27 bits per heavy atom. The van der Waals surface area contributed by atoms with Crippen molar-refractivity contribution in [2.75, 3.05) is 11.4 Å². The van der Waals surface area contributed by atoms with Crippen LogP contribution in [0.2, 0.25) is 0 Å². The quantitative estimate of drug-likeness (QED) is 0.892. The van der Waals surface area contributed by atoms with Gasteiger partial charge < -0.3 is 10.2 Å². The van der Waals surface area contributed by atoms with E-state index in [1.54, 1.807) is 17.0 Å². The molecule has 3 rings (SSSR count). The van der Waals surface area contributed by atoms with E-state index in [4.69, 9.17) is 0 Å². The maximum Gasteiger partial charge on any atom is 0.227 e. The smallest absolute Gasteiger partial charge is 0.227 e. The molecule has 0 radical (unpaired) electrons. The molecule has 0 aromatic heterocycles. The lowest BCUT2D eigenvalue weighted by Crippen LogP contribution is -2.34. The van der Waals surface area contributed by atoms with Crippen molar-refractivity contribution < 1.29 is 14.0 Å². The van der Waals surface area contributed by atoms with Gasteiger partial charge in [0.1, 0.15) is 5.82 Å². The minimum Gasteiger partial charge on any atom is -0.349 e. The van der Waals surface area contributed by atoms with E-state index in [0.29, 0.717) is 12.1 Å². The molecule has 26 heavy (non-hydrogen) atoms. The molecule has 0 unspecified atom stereocenters. The summed E-state index contributed by atoms with van der Waals surface area (Å²) in [6.07, 6.45) is 1.09. The van der Waals surface area contributed by atoms with Crippen LogP contribution in [0.25, 0.3) is 0 Å². The summed E-state index contributed by atoms with van der Waals surface area (Å²) in [5, 5.41) is 2.90. The van der Waals surface area contributed by atoms with Crippen LogP contribution in [0.3, 0.4) is 0 Å². The molecule has 1 aliphatic rings. The van der Waals surface area contributed by atoms with Crippen LogP contribution in [0, 0.1) is 11.7 Å². The number of nitrogens with zero attached hydrogens (tertiary/aromatic N) is 1. The maximum absolute atomic E-state index is 13.4. The van der Waals surface area contributed by atoms with Crippen molar-refractivity contribution in [1.82, 2.24) is 5.32 Å². The van der Waals surface area contributed by atoms with Crippen LogP contribution in [-0.4, -0.2) is 18.4 Å². The Kier molecular flexibility index (Phi) is 5.35. The number of rotatable bonds is 5. The number of carbonyl (C=O) groups excluding carboxylic acids is 2. The van der Waals surface area contributed by atoms with Gasteiger partial charge in [0, 0.05) is 18.7 Å². The van der Waals surface area contributed by atoms with E-state index in [2.05, 4.69) is 12.2 Å². The second kappa shape index (κ2) is 7.68. The van der Waals surface area contributed by atoms with Gasteiger partial charge in [-0.2, -0.15) is 0 Å². The number of amides is 2. The van der Waals surface area contributed by atoms with Crippen LogP contribution < -0.4 is 10.2 Å². The first-order chi connectivity index (χ1) is 12.5. The zero-order valence-electron chi connectivity index (χ0n) is 15.0. The van der Waals surface area contributed by atoms with Gasteiger partial charge in [-0.15, -0.1) is 0 Å². The van der Waals surface area contributed by atoms with Gasteiger partial charge in [0.25, 0.3) is 0 Å². The van der Waals surface area contributed by atoms with E-state index < -0.39 is 5.92 Å². The number of halogens is 1. The Morgan fingerprint density at radius 3 is 2.77 bits per heavy atom. The van der Waals surface area contributed by atoms with Gasteiger partial charge in [-0.25, -0.2) is 4.39 Å². The molecule has 4 nitrogen and oxygen atoms in total. The number of carbonyl (C=O) groups is 2. The molecule has 1 saturated heterocycles. The Hall–Kier alpha value is -2.69. The number of hydrogen-bond donors (Lipinski definition) is 1. The Bertz CT molecular complexity index is 821. The first-order valence-electron chi connectivity index (χ1n) is 8.93. The number of hydrogen-bond acceptors (Lipinski definition) is 2. The summed E-state index contributed by atoms with van der Waals surface area (Å²) in [4.78, 5) is 26.6. The maximum atomic E-state index is 13.4. The predicted octanol–water partition coefficient (Wildman–Crippen LogP) is 3.62. The van der Waals surface area contributed by atoms with E-state index in [-0.39, 0.29) is 30.1 Å². The topological polar surface area (TPSA) is 49.4 Å². The summed E-state index contributed by atoms with van der Waals surface area (Å²) in [7, 11) is 0. The second-order valence-corrected chi connectivity index (χ2v) is 6.71. The number of anilines is 1. The Labute approximate surface area is 153 Å². The van der Waals surface area contributed by atoms with Crippen LogP contribution in [0.1, 0.15) is 37.4 Å². The molecule has 2 atom stereocenters. The molecule has 1 aliphatic heterocycles. The normalized spacial score (nSPS) is 18.0. The lowest BCUT2D eigenvalue weighted by atomic mass is 10.0. The van der Waals surface area contributed by atoms with Crippen molar-refractivity contribution in [2.24, 2.45) is 5.92 Å². The molecule has 0 aliphatic carbocycles. The SMILES string of the molecule is CCc1cccc(N2C[C@@H](C(=O)N[C@@H](C)c3cccc(F)c3)CC2=O)c1. The molecule has 2 aromatic rings. The first kappa shape index (κ1) is 18.1. The number of benzene rings is 2. The van der Waals surface area contributed by atoms with Gasteiger partial charge in [-0.05, 0) is 48.7 Å². The van der Waals surface area contributed by atoms with Crippen molar-refractivity contribution in [3.05, 3.63) is 65.5 Å². The van der Waals surface area contributed by atoms with E-state index in [1.807, 2.05) is 31.2 Å². The first-order valence-corrected chi connectivity index (χ1v) is 8.93. The van der Waals surface area contributed by atoms with Gasteiger partial charge in [0.05, 0.1) is 12.0 Å². The largest absolute Gasteiger partial charge is 0.349 e. The molecule has 2 amide bonds. The fourth-order valence-electron chi connectivity index (χ4n) is 3.27. The third-order valence-corrected chi connectivity index (χ3v) is 4.83. The summed E-state index contributed by atoms with van der Waals surface area (Å²) in [5.74, 6) is -0.952. The number of aryl methyl sites for hydroxylation is 1. The molecule has 1 fully saturated rings. The molecule has 1 N–H and O–H groups in total. The fourth-order valence-corrected chi connectivity index (χ4v) is 3.27. The van der Waals surface area contributed by atoms with Crippen LogP contribution in [0.4, 0.5) is 10.1 Å². The molecule has 0 bridgehead atoms. The standard InChI is InChI=1S/C21H23FN2O2/c1-3-15-6-4-9-19(10-15)24-13-17(12-20(24)25)21(26)23-14(2)16-7-5-8-18(22)11-16/h4-11,14,17H,3,12-13H2,1-2H3,(H,23,26)/t14-,17-/m0/s1. The predicted molar refractivity (Wildman–Crippen MR) is 99.2 cm³/mol. The Balaban J connectivity index is 1.67. The van der Waals surface area contributed by atoms with Crippen molar-refractivity contribution in [3.63, 3.8) is 0 Å². The lowest BCUT2D eigenvalue weighted by molar-refractivity contribution is -0.126. The Morgan fingerprint density at radius 2 is 2.04 bits per heavy atom. The van der Waals surface area contributed by atoms with E-state index >= 15 is 0 Å². The molecule has 136 valence electrons. The zero-order valence-corrected chi connectivity index (χ0v) is 15.0. The van der Waals surface area contributed by atoms with Crippen molar-refractivity contribution in [1.29, 1.82) is 0 Å². The van der Waals surface area contributed by atoms with Gasteiger partial charge >= 0.3 is 0 Å². The molecule has 1 heterocycles. The third-order valence-electron chi connectivity index (χ3n) is 4.83. The van der Waals surface area contributed by atoms with E-state index in [0.717, 1.165) is 17.7 Å². The van der Waals surface area contributed by atoms with Gasteiger partial charge in [0.2, 0.25) is 11.8 Å². The molecule has 0 spiro atoms. The average molecular weight is 354 g/mol. The average Bonchev–Trinajstić information content (AvgIpc) is 3.03. The summed E-state index contributed by atoms with van der Waals surface area (Å²) in [6, 6.07) is 13.7. The molecule has 2 aromatic carbocycles. The van der Waals surface area contributed by atoms with Crippen LogP contribution >= 0.6 is 0 Å². The van der Waals surface area contributed by atoms with Crippen LogP contribution in [-0.2, 0) is 16.0 Å². The third kappa shape index (κ3) is 3.93. The van der Waals surface area contributed by atoms with Crippen molar-refractivity contribution >= 4 is 17.5 Å². The van der Waals surface area contributed by atoms with Crippen molar-refractivity contribution in [2.45, 2.75) is 32.7 Å². The summed E-state index contributed by atoms with van der Waals surface area (Å²) in [5.41, 5.74) is 2.70. The number of nitrogens with one attached hydrogen (secondary N) is 1. The summed E-state index contributed by atoms with van der Waals surface area (Å²) >= 11 is 0. The molecular formula is C21H23FN2O2. The monoisotopic (exact) mass is 354 g/mol. The second-order valence-electron chi connectivity index (χ2n) is 6.71. The highest BCUT2D eigenvalue weighted by Crippen LogP contribution is 2.27. The summed E-state index contributed by atoms with van der Waals surface area (Å²) < 4.78 is 13.4. The van der Waals surface area contributed by atoms with Gasteiger partial charge in [0.15, 0.2) is 0 Å². The molecular weight excluding hydrogens is 331 g/mol. The van der Waals surface area contributed by atoms with Crippen LogP contribution in [0.15, 0.2) is 48.5 Å². The summed E-state index contributed by atoms with van der Waals surface area (Å²) in [6.45, 7) is 4.24. The highest BCUT2D eigenvalue weighted by molar-refractivity contribution is 6.00. The minimum absolute atomic E-state index is 0.0446. The highest BCUT2D eigenvalue weighted by atomic mass is 19.1. The minimum atomic E-state index is -0.399. The molecule has 0 saturated carbocycles.